The molecular formula is C22H16ClN3O2. The molecule has 0 spiro atoms. The van der Waals surface area contributed by atoms with Gasteiger partial charge in [-0.2, -0.15) is 0 Å². The highest BCUT2D eigenvalue weighted by Crippen LogP contribution is 2.25. The molecule has 0 saturated carbocycles. The van der Waals surface area contributed by atoms with Crippen LogP contribution in [0, 0.1) is 6.92 Å². The summed E-state index contributed by atoms with van der Waals surface area (Å²) in [4.78, 5) is 32.3. The molecule has 1 aromatic heterocycles. The van der Waals surface area contributed by atoms with Crippen LogP contribution in [0.1, 0.15) is 15.9 Å². The Labute approximate surface area is 166 Å². The zero-order valence-corrected chi connectivity index (χ0v) is 15.7. The van der Waals surface area contributed by atoms with Crippen LogP contribution in [0.2, 0.25) is 5.02 Å². The van der Waals surface area contributed by atoms with Crippen molar-refractivity contribution < 1.29 is 4.79 Å². The van der Waals surface area contributed by atoms with E-state index in [0.717, 1.165) is 5.56 Å². The summed E-state index contributed by atoms with van der Waals surface area (Å²) < 4.78 is 0. The van der Waals surface area contributed by atoms with Crippen molar-refractivity contribution in [2.75, 3.05) is 5.32 Å². The van der Waals surface area contributed by atoms with Crippen molar-refractivity contribution in [2.45, 2.75) is 6.92 Å². The van der Waals surface area contributed by atoms with Gasteiger partial charge in [0, 0.05) is 21.8 Å². The average Bonchev–Trinajstić information content (AvgIpc) is 2.67. The van der Waals surface area contributed by atoms with Gasteiger partial charge in [-0.15, -0.1) is 0 Å². The molecule has 0 aliphatic heterocycles. The first kappa shape index (κ1) is 17.9. The Hall–Kier alpha value is -3.44. The molecule has 4 aromatic rings. The van der Waals surface area contributed by atoms with Gasteiger partial charge in [-0.25, -0.2) is 4.98 Å². The Balaban J connectivity index is 1.73. The van der Waals surface area contributed by atoms with Gasteiger partial charge in [0.2, 0.25) is 0 Å². The summed E-state index contributed by atoms with van der Waals surface area (Å²) in [5.41, 5.74) is 3.80. The van der Waals surface area contributed by atoms with Crippen molar-refractivity contribution >= 4 is 34.2 Å². The number of hydrogen-bond donors (Lipinski definition) is 2. The highest BCUT2D eigenvalue weighted by molar-refractivity contribution is 6.31. The quantitative estimate of drug-likeness (QED) is 0.528. The number of aromatic nitrogens is 2. The lowest BCUT2D eigenvalue weighted by Gasteiger charge is -2.09. The summed E-state index contributed by atoms with van der Waals surface area (Å²) in [5.74, 6) is -0.253. The summed E-state index contributed by atoms with van der Waals surface area (Å²) in [6, 6.07) is 19.5. The lowest BCUT2D eigenvalue weighted by molar-refractivity contribution is 0.102. The molecule has 0 aliphatic rings. The SMILES string of the molecule is Cc1cccc(C(=O)Nc2cc(Cl)cc(-c3nc4ccccc4[nH]c3=O)c2)c1. The van der Waals surface area contributed by atoms with Crippen LogP contribution in [0.25, 0.3) is 22.3 Å². The highest BCUT2D eigenvalue weighted by atomic mass is 35.5. The standard InChI is InChI=1S/C22H16ClN3O2/c1-13-5-4-6-14(9-13)21(27)24-17-11-15(10-16(23)12-17)20-22(28)26-19-8-3-2-7-18(19)25-20/h2-12H,1H3,(H,24,27)(H,26,28). The van der Waals surface area contributed by atoms with Gasteiger partial charge in [0.05, 0.1) is 11.0 Å². The van der Waals surface area contributed by atoms with E-state index in [9.17, 15) is 9.59 Å². The zero-order chi connectivity index (χ0) is 19.7. The summed E-state index contributed by atoms with van der Waals surface area (Å²) in [6.45, 7) is 1.92. The second-order valence-corrected chi connectivity index (χ2v) is 6.92. The van der Waals surface area contributed by atoms with Gasteiger partial charge in [-0.3, -0.25) is 9.59 Å². The van der Waals surface area contributed by atoms with E-state index in [0.29, 0.717) is 32.9 Å². The van der Waals surface area contributed by atoms with E-state index in [-0.39, 0.29) is 17.2 Å². The molecule has 0 unspecified atom stereocenters. The second kappa shape index (κ2) is 7.29. The molecule has 28 heavy (non-hydrogen) atoms. The fourth-order valence-corrected chi connectivity index (χ4v) is 3.25. The molecule has 4 rings (SSSR count). The van der Waals surface area contributed by atoms with E-state index in [1.807, 2.05) is 37.3 Å². The Bertz CT molecular complexity index is 1260. The zero-order valence-electron chi connectivity index (χ0n) is 15.0. The number of anilines is 1. The van der Waals surface area contributed by atoms with Crippen LogP contribution in [0.3, 0.4) is 0 Å². The molecule has 0 radical (unpaired) electrons. The molecule has 0 saturated heterocycles. The van der Waals surface area contributed by atoms with Gasteiger partial charge in [0.25, 0.3) is 11.5 Å². The van der Waals surface area contributed by atoms with Crippen molar-refractivity contribution in [3.05, 3.63) is 93.2 Å². The molecule has 0 bridgehead atoms. The number of aryl methyl sites for hydroxylation is 1. The number of nitrogens with zero attached hydrogens (tertiary/aromatic N) is 1. The van der Waals surface area contributed by atoms with E-state index in [1.54, 1.807) is 36.4 Å². The Morgan fingerprint density at radius 3 is 2.68 bits per heavy atom. The number of nitrogens with one attached hydrogen (secondary N) is 2. The number of carbonyl (C=O) groups excluding carboxylic acids is 1. The molecule has 3 aromatic carbocycles. The predicted octanol–water partition coefficient (Wildman–Crippen LogP) is 4.80. The van der Waals surface area contributed by atoms with Crippen LogP contribution >= 0.6 is 11.6 Å². The summed E-state index contributed by atoms with van der Waals surface area (Å²) in [7, 11) is 0. The molecule has 0 atom stereocenters. The Morgan fingerprint density at radius 2 is 1.86 bits per heavy atom. The molecule has 138 valence electrons. The van der Waals surface area contributed by atoms with Gasteiger partial charge >= 0.3 is 0 Å². The molecule has 0 fully saturated rings. The topological polar surface area (TPSA) is 74.8 Å². The van der Waals surface area contributed by atoms with Crippen molar-refractivity contribution in [3.63, 3.8) is 0 Å². The minimum absolute atomic E-state index is 0.243. The molecule has 2 N–H and O–H groups in total. The third-order valence-corrected chi connectivity index (χ3v) is 4.53. The third kappa shape index (κ3) is 3.66. The molecule has 6 heteroatoms. The van der Waals surface area contributed by atoms with E-state index >= 15 is 0 Å². The maximum absolute atomic E-state index is 12.5. The minimum atomic E-state index is -0.322. The summed E-state index contributed by atoms with van der Waals surface area (Å²) in [6.07, 6.45) is 0. The summed E-state index contributed by atoms with van der Waals surface area (Å²) >= 11 is 6.23. The van der Waals surface area contributed by atoms with E-state index in [4.69, 9.17) is 11.6 Å². The fourth-order valence-electron chi connectivity index (χ4n) is 3.01. The van der Waals surface area contributed by atoms with Gasteiger partial charge in [0.1, 0.15) is 5.69 Å². The monoisotopic (exact) mass is 389 g/mol. The highest BCUT2D eigenvalue weighted by Gasteiger charge is 2.12. The lowest BCUT2D eigenvalue weighted by Crippen LogP contribution is -2.13. The number of amides is 1. The van der Waals surface area contributed by atoms with Crippen LogP contribution in [0.5, 0.6) is 0 Å². The van der Waals surface area contributed by atoms with Gasteiger partial charge < -0.3 is 10.3 Å². The van der Waals surface area contributed by atoms with Crippen LogP contribution < -0.4 is 10.9 Å². The normalized spacial score (nSPS) is 10.8. The maximum atomic E-state index is 12.5. The Kier molecular flexibility index (Phi) is 4.67. The predicted molar refractivity (Wildman–Crippen MR) is 112 cm³/mol. The number of para-hydroxylation sites is 2. The minimum Gasteiger partial charge on any atom is -0.322 e. The largest absolute Gasteiger partial charge is 0.322 e. The van der Waals surface area contributed by atoms with Crippen LogP contribution in [-0.4, -0.2) is 15.9 Å². The van der Waals surface area contributed by atoms with Crippen molar-refractivity contribution in [3.8, 4) is 11.3 Å². The molecule has 1 heterocycles. The number of rotatable bonds is 3. The average molecular weight is 390 g/mol. The first-order valence-corrected chi connectivity index (χ1v) is 9.05. The van der Waals surface area contributed by atoms with Gasteiger partial charge in [0.15, 0.2) is 0 Å². The Morgan fingerprint density at radius 1 is 1.04 bits per heavy atom. The molecule has 0 aliphatic carbocycles. The number of hydrogen-bond acceptors (Lipinski definition) is 3. The lowest BCUT2D eigenvalue weighted by atomic mass is 10.1. The number of H-pyrrole nitrogens is 1. The van der Waals surface area contributed by atoms with Crippen LogP contribution in [-0.2, 0) is 0 Å². The smallest absolute Gasteiger partial charge is 0.274 e. The number of fused-ring (bicyclic) bond motifs is 1. The third-order valence-electron chi connectivity index (χ3n) is 4.31. The van der Waals surface area contributed by atoms with E-state index in [2.05, 4.69) is 15.3 Å². The van der Waals surface area contributed by atoms with E-state index < -0.39 is 0 Å². The van der Waals surface area contributed by atoms with Crippen LogP contribution in [0.15, 0.2) is 71.5 Å². The van der Waals surface area contributed by atoms with Gasteiger partial charge in [-0.05, 0) is 49.4 Å². The second-order valence-electron chi connectivity index (χ2n) is 6.48. The van der Waals surface area contributed by atoms with E-state index in [1.165, 1.54) is 0 Å². The number of carbonyl (C=O) groups is 1. The van der Waals surface area contributed by atoms with Crippen molar-refractivity contribution in [2.24, 2.45) is 0 Å². The van der Waals surface area contributed by atoms with Gasteiger partial charge in [-0.1, -0.05) is 41.4 Å². The summed E-state index contributed by atoms with van der Waals surface area (Å²) in [5, 5.41) is 3.22. The van der Waals surface area contributed by atoms with Crippen molar-refractivity contribution in [1.29, 1.82) is 0 Å². The fraction of sp³-hybridized carbons (Fsp3) is 0.0455. The number of benzene rings is 3. The number of halogens is 1. The molecular weight excluding hydrogens is 374 g/mol. The number of aromatic amines is 1. The van der Waals surface area contributed by atoms with Crippen molar-refractivity contribution in [1.82, 2.24) is 9.97 Å². The first-order chi connectivity index (χ1) is 13.5. The molecule has 5 nitrogen and oxygen atoms in total. The molecule has 1 amide bonds. The van der Waals surface area contributed by atoms with Crippen LogP contribution in [0.4, 0.5) is 5.69 Å². The maximum Gasteiger partial charge on any atom is 0.274 e. The first-order valence-electron chi connectivity index (χ1n) is 8.68.